The normalized spacial score (nSPS) is 29.4. The molecule has 3 nitrogen and oxygen atoms in total. The molecule has 0 bridgehead atoms. The Kier molecular flexibility index (Phi) is 2.96. The maximum absolute atomic E-state index is 6.03. The van der Waals surface area contributed by atoms with Gasteiger partial charge in [0.2, 0.25) is 0 Å². The highest BCUT2D eigenvalue weighted by Gasteiger charge is 2.50. The molecule has 3 fully saturated rings. The molecule has 1 saturated carbocycles. The average Bonchev–Trinajstić information content (AvgIpc) is 3.10. The van der Waals surface area contributed by atoms with Crippen molar-refractivity contribution in [3.63, 3.8) is 0 Å². The van der Waals surface area contributed by atoms with E-state index in [0.717, 1.165) is 17.4 Å². The van der Waals surface area contributed by atoms with Gasteiger partial charge >= 0.3 is 0 Å². The summed E-state index contributed by atoms with van der Waals surface area (Å²) in [6.07, 6.45) is 8.10. The first-order chi connectivity index (χ1) is 9.31. The minimum atomic E-state index is 0.372. The molecule has 0 amide bonds. The number of hydrogen-bond donors (Lipinski definition) is 0. The second-order valence-electron chi connectivity index (χ2n) is 6.24. The van der Waals surface area contributed by atoms with Crippen LogP contribution in [0.15, 0.2) is 24.5 Å². The fourth-order valence-corrected chi connectivity index (χ4v) is 4.85. The van der Waals surface area contributed by atoms with Crippen molar-refractivity contribution in [2.45, 2.75) is 30.1 Å². The van der Waals surface area contributed by atoms with Crippen LogP contribution in [0.25, 0.3) is 0 Å². The van der Waals surface area contributed by atoms with Gasteiger partial charge in [0.05, 0.1) is 6.20 Å². The van der Waals surface area contributed by atoms with Gasteiger partial charge in [0.15, 0.2) is 0 Å². The molecule has 0 N–H and O–H groups in total. The van der Waals surface area contributed by atoms with Gasteiger partial charge in [0.25, 0.3) is 0 Å². The van der Waals surface area contributed by atoms with Crippen molar-refractivity contribution in [3.05, 3.63) is 24.5 Å². The summed E-state index contributed by atoms with van der Waals surface area (Å²) in [6.45, 7) is 3.90. The lowest BCUT2D eigenvalue weighted by Gasteiger charge is -2.47. The highest BCUT2D eigenvalue weighted by Crippen LogP contribution is 2.47. The predicted molar refractivity (Wildman–Crippen MR) is 77.6 cm³/mol. The fourth-order valence-electron chi connectivity index (χ4n) is 3.27. The third kappa shape index (κ3) is 2.61. The molecule has 19 heavy (non-hydrogen) atoms. The van der Waals surface area contributed by atoms with Gasteiger partial charge in [-0.3, -0.25) is 4.98 Å². The highest BCUT2D eigenvalue weighted by atomic mass is 32.2. The minimum absolute atomic E-state index is 0.372. The molecule has 1 atom stereocenters. The fraction of sp³-hybridized carbons (Fsp3) is 0.667. The molecule has 1 aromatic rings. The number of rotatable bonds is 4. The van der Waals surface area contributed by atoms with Crippen molar-refractivity contribution in [2.24, 2.45) is 5.92 Å². The number of aromatic nitrogens is 1. The van der Waals surface area contributed by atoms with Gasteiger partial charge in [-0.15, -0.1) is 11.8 Å². The molecular formula is C15H20N2OS. The van der Waals surface area contributed by atoms with Crippen LogP contribution < -0.4 is 4.74 Å². The molecule has 2 saturated heterocycles. The van der Waals surface area contributed by atoms with Crippen molar-refractivity contribution in [2.75, 3.05) is 25.4 Å². The van der Waals surface area contributed by atoms with Crippen LogP contribution in [0.5, 0.6) is 5.75 Å². The topological polar surface area (TPSA) is 25.4 Å². The molecule has 1 spiro atoms. The van der Waals surface area contributed by atoms with Crippen molar-refractivity contribution in [1.29, 1.82) is 0 Å². The number of thioether (sulfide) groups is 1. The third-order valence-corrected chi connectivity index (χ3v) is 5.92. The summed E-state index contributed by atoms with van der Waals surface area (Å²) in [5.74, 6) is 3.07. The number of pyridine rings is 1. The van der Waals surface area contributed by atoms with Crippen LogP contribution in [0.2, 0.25) is 0 Å². The summed E-state index contributed by atoms with van der Waals surface area (Å²) in [6, 6.07) is 3.94. The molecule has 0 unspecified atom stereocenters. The van der Waals surface area contributed by atoms with E-state index in [1.165, 1.54) is 38.9 Å². The lowest BCUT2D eigenvalue weighted by Crippen LogP contribution is -2.59. The van der Waals surface area contributed by atoms with E-state index in [9.17, 15) is 0 Å². The quantitative estimate of drug-likeness (QED) is 0.843. The van der Waals surface area contributed by atoms with Crippen LogP contribution in [0.1, 0.15) is 19.3 Å². The SMILES string of the molecule is c1cncc(O[C@H]2CSC3(C2)CN(CC2CC2)C3)c1. The molecule has 102 valence electrons. The van der Waals surface area contributed by atoms with Gasteiger partial charge in [0.1, 0.15) is 11.9 Å². The van der Waals surface area contributed by atoms with E-state index in [0.29, 0.717) is 10.9 Å². The Bertz CT molecular complexity index is 443. The van der Waals surface area contributed by atoms with Crippen LogP contribution >= 0.6 is 11.8 Å². The van der Waals surface area contributed by atoms with Gasteiger partial charge in [-0.2, -0.15) is 0 Å². The summed E-state index contributed by atoms with van der Waals surface area (Å²) in [5.41, 5.74) is 0. The number of likely N-dealkylation sites (tertiary alicyclic amines) is 1. The second-order valence-corrected chi connectivity index (χ2v) is 7.73. The zero-order valence-electron chi connectivity index (χ0n) is 11.1. The lowest BCUT2D eigenvalue weighted by atomic mass is 9.92. The van der Waals surface area contributed by atoms with Crippen molar-refractivity contribution in [1.82, 2.24) is 9.88 Å². The van der Waals surface area contributed by atoms with Crippen LogP contribution in [0.3, 0.4) is 0 Å². The first-order valence-corrected chi connectivity index (χ1v) is 8.23. The van der Waals surface area contributed by atoms with E-state index in [4.69, 9.17) is 4.74 Å². The van der Waals surface area contributed by atoms with E-state index in [2.05, 4.69) is 21.6 Å². The Morgan fingerprint density at radius 2 is 2.32 bits per heavy atom. The largest absolute Gasteiger partial charge is 0.488 e. The van der Waals surface area contributed by atoms with E-state index >= 15 is 0 Å². The Hall–Kier alpha value is -0.740. The van der Waals surface area contributed by atoms with Crippen molar-refractivity contribution >= 4 is 11.8 Å². The third-order valence-electron chi connectivity index (χ3n) is 4.35. The smallest absolute Gasteiger partial charge is 0.138 e. The zero-order chi connectivity index (χ0) is 12.7. The molecule has 0 aromatic carbocycles. The van der Waals surface area contributed by atoms with E-state index in [1.807, 2.05) is 18.3 Å². The standard InChI is InChI=1S/C15H20N2OS/c1-2-13(7-16-5-1)18-14-6-15(19-9-14)10-17(11-15)8-12-3-4-12/h1-2,5,7,12,14H,3-4,6,8-11H2/t14-/m1/s1. The van der Waals surface area contributed by atoms with Crippen molar-refractivity contribution in [3.8, 4) is 5.75 Å². The summed E-state index contributed by atoms with van der Waals surface area (Å²) >= 11 is 2.12. The first kappa shape index (κ1) is 12.0. The molecular weight excluding hydrogens is 256 g/mol. The summed E-state index contributed by atoms with van der Waals surface area (Å²) in [4.78, 5) is 6.74. The number of hydrogen-bond acceptors (Lipinski definition) is 4. The van der Waals surface area contributed by atoms with Gasteiger partial charge in [-0.25, -0.2) is 0 Å². The first-order valence-electron chi connectivity index (χ1n) is 7.24. The molecule has 3 aliphatic rings. The minimum Gasteiger partial charge on any atom is -0.488 e. The number of ether oxygens (including phenoxy) is 1. The second kappa shape index (κ2) is 4.67. The van der Waals surface area contributed by atoms with Crippen LogP contribution in [-0.2, 0) is 0 Å². The average molecular weight is 276 g/mol. The van der Waals surface area contributed by atoms with Crippen molar-refractivity contribution < 1.29 is 4.74 Å². The van der Waals surface area contributed by atoms with Crippen LogP contribution in [-0.4, -0.2) is 46.1 Å². The van der Waals surface area contributed by atoms with Gasteiger partial charge in [-0.05, 0) is 30.9 Å². The van der Waals surface area contributed by atoms with Gasteiger partial charge in [-0.1, -0.05) is 0 Å². The Labute approximate surface area is 118 Å². The molecule has 1 aliphatic carbocycles. The lowest BCUT2D eigenvalue weighted by molar-refractivity contribution is 0.0941. The van der Waals surface area contributed by atoms with Crippen LogP contribution in [0, 0.1) is 5.92 Å². The summed E-state index contributed by atoms with van der Waals surface area (Å²) in [5, 5.41) is 0. The van der Waals surface area contributed by atoms with E-state index < -0.39 is 0 Å². The van der Waals surface area contributed by atoms with Crippen LogP contribution in [0.4, 0.5) is 0 Å². The monoisotopic (exact) mass is 276 g/mol. The van der Waals surface area contributed by atoms with Gasteiger partial charge in [0, 0.05) is 42.8 Å². The van der Waals surface area contributed by atoms with E-state index in [-0.39, 0.29) is 0 Å². The summed E-state index contributed by atoms with van der Waals surface area (Å²) < 4.78 is 6.54. The molecule has 4 heteroatoms. The van der Waals surface area contributed by atoms with E-state index in [1.54, 1.807) is 6.20 Å². The zero-order valence-corrected chi connectivity index (χ0v) is 11.9. The summed E-state index contributed by atoms with van der Waals surface area (Å²) in [7, 11) is 0. The van der Waals surface area contributed by atoms with Gasteiger partial charge < -0.3 is 9.64 Å². The molecule has 1 aromatic heterocycles. The maximum Gasteiger partial charge on any atom is 0.138 e. The Balaban J connectivity index is 1.29. The Morgan fingerprint density at radius 3 is 3.05 bits per heavy atom. The highest BCUT2D eigenvalue weighted by molar-refractivity contribution is 8.01. The molecule has 0 radical (unpaired) electrons. The molecule has 2 aliphatic heterocycles. The predicted octanol–water partition coefficient (Wildman–Crippen LogP) is 2.43. The molecule has 4 rings (SSSR count). The molecule has 3 heterocycles. The Morgan fingerprint density at radius 1 is 1.42 bits per heavy atom. The maximum atomic E-state index is 6.03. The number of nitrogens with zero attached hydrogens (tertiary/aromatic N) is 2.